The number of carbonyl (C=O) groups excluding carboxylic acids is 1. The van der Waals surface area contributed by atoms with Crippen LogP contribution in [0.4, 0.5) is 13.2 Å². The van der Waals surface area contributed by atoms with Crippen LogP contribution < -0.4 is 9.47 Å². The van der Waals surface area contributed by atoms with Crippen LogP contribution in [0, 0.1) is 23.4 Å². The van der Waals surface area contributed by atoms with Gasteiger partial charge in [-0.25, -0.2) is 13.6 Å². The minimum Gasteiger partial charge on any atom is -0.490 e. The van der Waals surface area contributed by atoms with Crippen LogP contribution in [0.1, 0.15) is 73.7 Å². The van der Waals surface area contributed by atoms with Gasteiger partial charge in [0.05, 0.1) is 18.3 Å². The van der Waals surface area contributed by atoms with Gasteiger partial charge in [-0.1, -0.05) is 43.7 Å². The molecule has 1 saturated carbocycles. The number of hydrogen-bond acceptors (Lipinski definition) is 4. The third kappa shape index (κ3) is 6.94. The van der Waals surface area contributed by atoms with Gasteiger partial charge in [-0.2, -0.15) is 4.39 Å². The van der Waals surface area contributed by atoms with Crippen molar-refractivity contribution in [2.75, 3.05) is 6.61 Å². The SMILES string of the molecule is C=CCCOc1ccc(-c2ccc(C(=O)Oc3ccc(C4CCC(C(O)CCC)CC4)c(F)c3F)cc2)cc1F. The predicted molar refractivity (Wildman–Crippen MR) is 149 cm³/mol. The molecule has 0 spiro atoms. The maximum absolute atomic E-state index is 15.0. The summed E-state index contributed by atoms with van der Waals surface area (Å²) < 4.78 is 54.9. The van der Waals surface area contributed by atoms with Gasteiger partial charge in [-0.3, -0.25) is 0 Å². The van der Waals surface area contributed by atoms with Crippen LogP contribution in [0.3, 0.4) is 0 Å². The van der Waals surface area contributed by atoms with Crippen molar-refractivity contribution in [1.82, 2.24) is 0 Å². The Bertz CT molecular complexity index is 1310. The van der Waals surface area contributed by atoms with Gasteiger partial charge in [-0.15, -0.1) is 6.58 Å². The zero-order valence-electron chi connectivity index (χ0n) is 22.7. The highest BCUT2D eigenvalue weighted by molar-refractivity contribution is 5.91. The molecule has 4 nitrogen and oxygen atoms in total. The molecule has 7 heteroatoms. The first kappa shape index (κ1) is 29.4. The third-order valence-electron chi connectivity index (χ3n) is 7.59. The fourth-order valence-corrected chi connectivity index (χ4v) is 5.29. The predicted octanol–water partition coefficient (Wildman–Crippen LogP) is 8.38. The maximum Gasteiger partial charge on any atom is 0.343 e. The average molecular weight is 553 g/mol. The number of rotatable bonds is 11. The quantitative estimate of drug-likeness (QED) is 0.112. The molecule has 40 heavy (non-hydrogen) atoms. The van der Waals surface area contributed by atoms with Crippen molar-refractivity contribution in [3.8, 4) is 22.6 Å². The molecule has 0 aromatic heterocycles. The topological polar surface area (TPSA) is 55.8 Å². The number of benzene rings is 3. The molecule has 1 aliphatic carbocycles. The molecule has 0 aliphatic heterocycles. The summed E-state index contributed by atoms with van der Waals surface area (Å²) >= 11 is 0. The smallest absolute Gasteiger partial charge is 0.343 e. The number of aliphatic hydroxyl groups excluding tert-OH is 1. The monoisotopic (exact) mass is 552 g/mol. The van der Waals surface area contributed by atoms with E-state index in [-0.39, 0.29) is 34.8 Å². The zero-order valence-corrected chi connectivity index (χ0v) is 22.7. The Labute approximate surface area is 233 Å². The van der Waals surface area contributed by atoms with E-state index in [0.29, 0.717) is 37.0 Å². The van der Waals surface area contributed by atoms with E-state index in [1.165, 1.54) is 30.3 Å². The van der Waals surface area contributed by atoms with E-state index in [0.717, 1.165) is 25.7 Å². The van der Waals surface area contributed by atoms with E-state index in [2.05, 4.69) is 6.58 Å². The summed E-state index contributed by atoms with van der Waals surface area (Å²) in [7, 11) is 0. The van der Waals surface area contributed by atoms with Gasteiger partial charge in [0.15, 0.2) is 23.1 Å². The molecule has 1 atom stereocenters. The van der Waals surface area contributed by atoms with Crippen LogP contribution in [0.2, 0.25) is 0 Å². The lowest BCUT2D eigenvalue weighted by atomic mass is 9.76. The lowest BCUT2D eigenvalue weighted by Gasteiger charge is -2.32. The first-order valence-corrected chi connectivity index (χ1v) is 13.8. The molecule has 1 N–H and O–H groups in total. The summed E-state index contributed by atoms with van der Waals surface area (Å²) in [4.78, 5) is 12.7. The number of aliphatic hydroxyl groups is 1. The molecule has 212 valence electrons. The summed E-state index contributed by atoms with van der Waals surface area (Å²) in [6, 6.07) is 13.6. The number of hydrogen-bond donors (Lipinski definition) is 1. The summed E-state index contributed by atoms with van der Waals surface area (Å²) in [5.74, 6) is -3.82. The van der Waals surface area contributed by atoms with Crippen molar-refractivity contribution in [2.24, 2.45) is 5.92 Å². The first-order valence-electron chi connectivity index (χ1n) is 13.8. The van der Waals surface area contributed by atoms with Gasteiger partial charge in [0.1, 0.15) is 0 Å². The molecule has 0 heterocycles. The van der Waals surface area contributed by atoms with Crippen LogP contribution in [0.15, 0.2) is 67.3 Å². The lowest BCUT2D eigenvalue weighted by Crippen LogP contribution is -2.25. The molecule has 3 aromatic rings. The Kier molecular flexibility index (Phi) is 10.0. The Balaban J connectivity index is 1.39. The van der Waals surface area contributed by atoms with Crippen LogP contribution in [-0.4, -0.2) is 23.8 Å². The second-order valence-electron chi connectivity index (χ2n) is 10.3. The van der Waals surface area contributed by atoms with E-state index in [9.17, 15) is 18.7 Å². The van der Waals surface area contributed by atoms with E-state index in [1.54, 1.807) is 30.3 Å². The van der Waals surface area contributed by atoms with Gasteiger partial charge >= 0.3 is 5.97 Å². The summed E-state index contributed by atoms with van der Waals surface area (Å²) in [5, 5.41) is 10.3. The molecule has 0 bridgehead atoms. The molecular weight excluding hydrogens is 517 g/mol. The first-order chi connectivity index (χ1) is 19.3. The number of halogens is 3. The lowest BCUT2D eigenvalue weighted by molar-refractivity contribution is 0.0725. The second kappa shape index (κ2) is 13.7. The number of ether oxygens (including phenoxy) is 2. The Morgan fingerprint density at radius 1 is 0.975 bits per heavy atom. The summed E-state index contributed by atoms with van der Waals surface area (Å²) in [5.41, 5.74) is 1.66. The van der Waals surface area contributed by atoms with Gasteiger partial charge < -0.3 is 14.6 Å². The van der Waals surface area contributed by atoms with Crippen LogP contribution in [0.5, 0.6) is 11.5 Å². The summed E-state index contributed by atoms with van der Waals surface area (Å²) in [6.45, 7) is 5.96. The van der Waals surface area contributed by atoms with Crippen LogP contribution >= 0.6 is 0 Å². The highest BCUT2D eigenvalue weighted by Crippen LogP contribution is 2.40. The fraction of sp³-hybridized carbons (Fsp3) is 0.364. The highest BCUT2D eigenvalue weighted by Gasteiger charge is 2.30. The van der Waals surface area contributed by atoms with Gasteiger partial charge in [-0.05, 0) is 97.4 Å². The Hall–Kier alpha value is -3.58. The normalized spacial score (nSPS) is 17.7. The molecule has 0 saturated heterocycles. The van der Waals surface area contributed by atoms with Gasteiger partial charge in [0, 0.05) is 0 Å². The van der Waals surface area contributed by atoms with Crippen LogP contribution in [0.25, 0.3) is 11.1 Å². The Morgan fingerprint density at radius 3 is 2.30 bits per heavy atom. The summed E-state index contributed by atoms with van der Waals surface area (Å²) in [6.07, 6.45) is 6.46. The molecule has 0 radical (unpaired) electrons. The Morgan fingerprint density at radius 2 is 1.65 bits per heavy atom. The number of esters is 1. The van der Waals surface area contributed by atoms with E-state index in [1.807, 2.05) is 6.92 Å². The molecule has 4 rings (SSSR count). The minimum absolute atomic E-state index is 0.140. The standard InChI is InChI=1S/C33H35F3O4/c1-3-5-19-39-29-17-15-25(20-27(29)34)21-7-13-24(14-8-21)33(38)40-30-18-16-26(31(35)32(30)36)22-9-11-23(12-10-22)28(37)6-4-2/h3,7-8,13-18,20,22-23,28,37H,1,4-6,9-12,19H2,2H3. The van der Waals surface area contributed by atoms with E-state index >= 15 is 4.39 Å². The van der Waals surface area contributed by atoms with Crippen molar-refractivity contribution in [2.45, 2.75) is 63.9 Å². The zero-order chi connectivity index (χ0) is 28.6. The van der Waals surface area contributed by atoms with E-state index < -0.39 is 29.2 Å². The van der Waals surface area contributed by atoms with Crippen molar-refractivity contribution < 1.29 is 32.5 Å². The van der Waals surface area contributed by atoms with Crippen molar-refractivity contribution in [3.05, 3.63) is 95.8 Å². The molecule has 1 fully saturated rings. The molecule has 0 amide bonds. The van der Waals surface area contributed by atoms with Crippen molar-refractivity contribution >= 4 is 5.97 Å². The number of carbonyl (C=O) groups is 1. The molecule has 1 aliphatic rings. The highest BCUT2D eigenvalue weighted by atomic mass is 19.2. The fourth-order valence-electron chi connectivity index (χ4n) is 5.29. The third-order valence-corrected chi connectivity index (χ3v) is 7.59. The van der Waals surface area contributed by atoms with E-state index in [4.69, 9.17) is 9.47 Å². The molecule has 3 aromatic carbocycles. The van der Waals surface area contributed by atoms with Crippen molar-refractivity contribution in [3.63, 3.8) is 0 Å². The second-order valence-corrected chi connectivity index (χ2v) is 10.3. The largest absolute Gasteiger partial charge is 0.490 e. The van der Waals surface area contributed by atoms with Gasteiger partial charge in [0.2, 0.25) is 5.82 Å². The van der Waals surface area contributed by atoms with Gasteiger partial charge in [0.25, 0.3) is 0 Å². The van der Waals surface area contributed by atoms with Crippen molar-refractivity contribution in [1.29, 1.82) is 0 Å². The van der Waals surface area contributed by atoms with Crippen LogP contribution in [-0.2, 0) is 0 Å². The maximum atomic E-state index is 15.0. The molecule has 1 unspecified atom stereocenters. The average Bonchev–Trinajstić information content (AvgIpc) is 2.97. The minimum atomic E-state index is -1.19. The molecular formula is C33H35F3O4.